The number of aryl methyl sites for hydroxylation is 1. The number of carbonyl (C=O) groups is 1. The first kappa shape index (κ1) is 14.6. The molecule has 2 N–H and O–H groups in total. The van der Waals surface area contributed by atoms with Crippen LogP contribution in [0.3, 0.4) is 0 Å². The molecule has 1 saturated heterocycles. The van der Waals surface area contributed by atoms with E-state index < -0.39 is 5.97 Å². The minimum absolute atomic E-state index is 0.0771. The summed E-state index contributed by atoms with van der Waals surface area (Å²) in [6.07, 6.45) is 0.827. The zero-order valence-electron chi connectivity index (χ0n) is 12.7. The van der Waals surface area contributed by atoms with Crippen molar-refractivity contribution in [1.82, 2.24) is 9.78 Å². The molecular weight excluding hydrogens is 282 g/mol. The maximum Gasteiger partial charge on any atom is 0.358 e. The topological polar surface area (TPSA) is 79.4 Å². The van der Waals surface area contributed by atoms with Gasteiger partial charge in [0.2, 0.25) is 0 Å². The molecule has 1 aromatic carbocycles. The van der Waals surface area contributed by atoms with Gasteiger partial charge < -0.3 is 15.2 Å². The largest absolute Gasteiger partial charge is 0.464 e. The molecule has 1 atom stereocenters. The van der Waals surface area contributed by atoms with Gasteiger partial charge in [-0.05, 0) is 25.5 Å². The first-order chi connectivity index (χ1) is 10.6. The van der Waals surface area contributed by atoms with Gasteiger partial charge in [-0.15, -0.1) is 0 Å². The monoisotopic (exact) mass is 301 g/mol. The summed E-state index contributed by atoms with van der Waals surface area (Å²) in [7, 11) is 1.35. The van der Waals surface area contributed by atoms with E-state index in [1.54, 1.807) is 4.68 Å². The fraction of sp³-hybridized carbons (Fsp3) is 0.375. The molecule has 1 aliphatic heterocycles. The standard InChI is InChI=1S/C16H19N3O3/c1-10-3-5-12(6-4-10)19-15(17)13(11-7-8-22-9-11)14(18-19)16(20)21-2/h3-6,11H,7-9,17H2,1-2H3. The lowest BCUT2D eigenvalue weighted by atomic mass is 9.98. The van der Waals surface area contributed by atoms with E-state index in [9.17, 15) is 4.79 Å². The molecule has 3 rings (SSSR count). The van der Waals surface area contributed by atoms with Crippen LogP contribution < -0.4 is 5.73 Å². The normalized spacial score (nSPS) is 17.6. The van der Waals surface area contributed by atoms with Gasteiger partial charge in [-0.2, -0.15) is 5.10 Å². The van der Waals surface area contributed by atoms with E-state index in [-0.39, 0.29) is 11.6 Å². The van der Waals surface area contributed by atoms with Gasteiger partial charge in [0, 0.05) is 18.1 Å². The molecule has 6 heteroatoms. The van der Waals surface area contributed by atoms with Crippen molar-refractivity contribution in [3.63, 3.8) is 0 Å². The first-order valence-electron chi connectivity index (χ1n) is 7.23. The molecule has 0 bridgehead atoms. The maximum atomic E-state index is 12.0. The fourth-order valence-corrected chi connectivity index (χ4v) is 2.74. The van der Waals surface area contributed by atoms with Crippen LogP contribution in [0.4, 0.5) is 5.82 Å². The number of hydrogen-bond acceptors (Lipinski definition) is 5. The van der Waals surface area contributed by atoms with Crippen LogP contribution in [0.5, 0.6) is 0 Å². The molecule has 1 aromatic heterocycles. The van der Waals surface area contributed by atoms with Crippen molar-refractivity contribution in [3.05, 3.63) is 41.1 Å². The van der Waals surface area contributed by atoms with Crippen molar-refractivity contribution in [2.75, 3.05) is 26.1 Å². The molecule has 2 aromatic rings. The van der Waals surface area contributed by atoms with Crippen molar-refractivity contribution in [2.45, 2.75) is 19.3 Å². The van der Waals surface area contributed by atoms with Gasteiger partial charge in [0.25, 0.3) is 0 Å². The number of carbonyl (C=O) groups excluding carboxylic acids is 1. The van der Waals surface area contributed by atoms with E-state index in [0.29, 0.717) is 19.0 Å². The van der Waals surface area contributed by atoms with Crippen LogP contribution >= 0.6 is 0 Å². The summed E-state index contributed by atoms with van der Waals surface area (Å²) in [4.78, 5) is 12.0. The van der Waals surface area contributed by atoms with Crippen LogP contribution in [-0.4, -0.2) is 36.1 Å². The Balaban J connectivity index is 2.11. The van der Waals surface area contributed by atoms with Crippen LogP contribution in [0.2, 0.25) is 0 Å². The average molecular weight is 301 g/mol. The number of anilines is 1. The molecule has 116 valence electrons. The molecule has 1 fully saturated rings. The lowest BCUT2D eigenvalue weighted by Crippen LogP contribution is -2.09. The van der Waals surface area contributed by atoms with Gasteiger partial charge in [-0.1, -0.05) is 17.7 Å². The van der Waals surface area contributed by atoms with Gasteiger partial charge in [0.15, 0.2) is 5.69 Å². The van der Waals surface area contributed by atoms with Crippen LogP contribution in [0.1, 0.15) is 34.0 Å². The highest BCUT2D eigenvalue weighted by Gasteiger charge is 2.31. The Labute approximate surface area is 128 Å². The SMILES string of the molecule is COC(=O)c1nn(-c2ccc(C)cc2)c(N)c1C1CCOC1. The van der Waals surface area contributed by atoms with Crippen molar-refractivity contribution in [1.29, 1.82) is 0 Å². The number of nitrogens with two attached hydrogens (primary N) is 1. The second kappa shape index (κ2) is 5.81. The van der Waals surface area contributed by atoms with Crippen molar-refractivity contribution >= 4 is 11.8 Å². The highest BCUT2D eigenvalue weighted by Crippen LogP contribution is 2.34. The van der Waals surface area contributed by atoms with E-state index in [1.807, 2.05) is 31.2 Å². The first-order valence-corrected chi connectivity index (χ1v) is 7.23. The number of benzene rings is 1. The molecule has 1 aliphatic rings. The number of hydrogen-bond donors (Lipinski definition) is 1. The summed E-state index contributed by atoms with van der Waals surface area (Å²) >= 11 is 0. The number of esters is 1. The van der Waals surface area contributed by atoms with Gasteiger partial charge in [-0.25, -0.2) is 9.48 Å². The van der Waals surface area contributed by atoms with E-state index in [0.717, 1.165) is 23.2 Å². The molecule has 22 heavy (non-hydrogen) atoms. The number of nitrogen functional groups attached to an aromatic ring is 1. The number of rotatable bonds is 3. The molecule has 0 radical (unpaired) electrons. The Morgan fingerprint density at radius 1 is 1.41 bits per heavy atom. The third-order valence-corrected chi connectivity index (χ3v) is 3.95. The molecule has 0 saturated carbocycles. The zero-order chi connectivity index (χ0) is 15.7. The summed E-state index contributed by atoms with van der Waals surface area (Å²) in [5.74, 6) is 0.0764. The Kier molecular flexibility index (Phi) is 3.85. The van der Waals surface area contributed by atoms with Crippen molar-refractivity contribution in [3.8, 4) is 5.69 Å². The predicted octanol–water partition coefficient (Wildman–Crippen LogP) is 2.05. The molecule has 6 nitrogen and oxygen atoms in total. The zero-order valence-corrected chi connectivity index (χ0v) is 12.7. The summed E-state index contributed by atoms with van der Waals surface area (Å²) in [6, 6.07) is 7.81. The summed E-state index contributed by atoms with van der Waals surface area (Å²) in [5.41, 5.74) is 9.25. The van der Waals surface area contributed by atoms with Crippen molar-refractivity contribution in [2.24, 2.45) is 0 Å². The van der Waals surface area contributed by atoms with Gasteiger partial charge in [0.1, 0.15) is 5.82 Å². The number of methoxy groups -OCH3 is 1. The van der Waals surface area contributed by atoms with Crippen molar-refractivity contribution < 1.29 is 14.3 Å². The lowest BCUT2D eigenvalue weighted by molar-refractivity contribution is 0.0591. The fourth-order valence-electron chi connectivity index (χ4n) is 2.74. The quantitative estimate of drug-likeness (QED) is 0.878. The third kappa shape index (κ3) is 2.46. The Hall–Kier alpha value is -2.34. The van der Waals surface area contributed by atoms with Crippen LogP contribution in [-0.2, 0) is 9.47 Å². The maximum absolute atomic E-state index is 12.0. The smallest absolute Gasteiger partial charge is 0.358 e. The second-order valence-electron chi connectivity index (χ2n) is 5.45. The highest BCUT2D eigenvalue weighted by atomic mass is 16.5. The highest BCUT2D eigenvalue weighted by molar-refractivity contribution is 5.91. The Bertz CT molecular complexity index is 685. The molecule has 0 aliphatic carbocycles. The lowest BCUT2D eigenvalue weighted by Gasteiger charge is -2.09. The minimum Gasteiger partial charge on any atom is -0.464 e. The number of aromatic nitrogens is 2. The summed E-state index contributed by atoms with van der Waals surface area (Å²) in [6.45, 7) is 3.23. The molecular formula is C16H19N3O3. The van der Waals surface area contributed by atoms with Crippen LogP contribution in [0.15, 0.2) is 24.3 Å². The third-order valence-electron chi connectivity index (χ3n) is 3.95. The Morgan fingerprint density at radius 2 is 2.14 bits per heavy atom. The molecule has 1 unspecified atom stereocenters. The average Bonchev–Trinajstić information content (AvgIpc) is 3.15. The van der Waals surface area contributed by atoms with Crippen LogP contribution in [0, 0.1) is 6.92 Å². The molecule has 2 heterocycles. The number of nitrogens with zero attached hydrogens (tertiary/aromatic N) is 2. The predicted molar refractivity (Wildman–Crippen MR) is 82.2 cm³/mol. The van der Waals surface area contributed by atoms with E-state index in [1.165, 1.54) is 7.11 Å². The second-order valence-corrected chi connectivity index (χ2v) is 5.45. The Morgan fingerprint density at radius 3 is 2.73 bits per heavy atom. The van der Waals surface area contributed by atoms with Crippen LogP contribution in [0.25, 0.3) is 5.69 Å². The van der Waals surface area contributed by atoms with E-state index in [2.05, 4.69) is 5.10 Å². The summed E-state index contributed by atoms with van der Waals surface area (Å²) in [5, 5.41) is 4.39. The molecule has 0 spiro atoms. The van der Waals surface area contributed by atoms with E-state index >= 15 is 0 Å². The number of ether oxygens (including phenoxy) is 2. The minimum atomic E-state index is -0.473. The van der Waals surface area contributed by atoms with Gasteiger partial charge in [0.05, 0.1) is 19.4 Å². The molecule has 0 amide bonds. The van der Waals surface area contributed by atoms with E-state index in [4.69, 9.17) is 15.2 Å². The summed E-state index contributed by atoms with van der Waals surface area (Å²) < 4.78 is 11.9. The van der Waals surface area contributed by atoms with Gasteiger partial charge in [-0.3, -0.25) is 0 Å². The van der Waals surface area contributed by atoms with Gasteiger partial charge >= 0.3 is 5.97 Å².